The van der Waals surface area contributed by atoms with Gasteiger partial charge >= 0.3 is 6.03 Å². The van der Waals surface area contributed by atoms with Crippen LogP contribution < -0.4 is 21.7 Å². The van der Waals surface area contributed by atoms with E-state index in [0.717, 1.165) is 16.7 Å². The average Bonchev–Trinajstić information content (AvgIpc) is 2.90. The summed E-state index contributed by atoms with van der Waals surface area (Å²) in [6.45, 7) is 3.97. The lowest BCUT2D eigenvalue weighted by Crippen LogP contribution is -2.42. The van der Waals surface area contributed by atoms with E-state index in [0.29, 0.717) is 10.9 Å². The first kappa shape index (κ1) is 18.8. The maximum absolute atomic E-state index is 13.1. The number of benzene rings is 2. The van der Waals surface area contributed by atoms with E-state index in [2.05, 4.69) is 16.2 Å². The molecule has 4 N–H and O–H groups in total. The monoisotopic (exact) mass is 390 g/mol. The molecule has 0 bridgehead atoms. The number of pyridine rings is 1. The summed E-state index contributed by atoms with van der Waals surface area (Å²) in [7, 11) is 1.64. The predicted octanol–water partition coefficient (Wildman–Crippen LogP) is 2.76. The van der Waals surface area contributed by atoms with E-state index >= 15 is 0 Å². The number of aromatic hydroxyl groups is 1. The van der Waals surface area contributed by atoms with Crippen LogP contribution >= 0.6 is 0 Å². The van der Waals surface area contributed by atoms with E-state index in [1.807, 2.05) is 32.0 Å². The standard InChI is InChI=1S/C22H22N4O3/c1-12-8-9-13(2)15(10-12)16-11-17(23-22(29)25-24-16)19-20(27)14-6-4-5-7-18(14)26(3)21(19)28/h4-11,16,24,27H,1-3H3,(H2,23,25,29). The molecule has 1 atom stereocenters. The Labute approximate surface area is 167 Å². The molecule has 1 aliphatic heterocycles. The lowest BCUT2D eigenvalue weighted by Gasteiger charge is -2.17. The molecule has 148 valence electrons. The van der Waals surface area contributed by atoms with Gasteiger partial charge in [0.25, 0.3) is 5.56 Å². The number of hydrogen-bond donors (Lipinski definition) is 4. The van der Waals surface area contributed by atoms with Gasteiger partial charge in [-0.1, -0.05) is 35.9 Å². The van der Waals surface area contributed by atoms with Gasteiger partial charge in [-0.3, -0.25) is 10.2 Å². The van der Waals surface area contributed by atoms with Crippen molar-refractivity contribution in [1.82, 2.24) is 20.7 Å². The molecule has 0 saturated carbocycles. The van der Waals surface area contributed by atoms with Crippen molar-refractivity contribution in [3.8, 4) is 5.75 Å². The predicted molar refractivity (Wildman–Crippen MR) is 112 cm³/mol. The Bertz CT molecular complexity index is 1230. The van der Waals surface area contributed by atoms with E-state index in [9.17, 15) is 14.7 Å². The fraction of sp³-hybridized carbons (Fsp3) is 0.182. The van der Waals surface area contributed by atoms with Gasteiger partial charge in [0.1, 0.15) is 11.3 Å². The minimum absolute atomic E-state index is 0.0559. The van der Waals surface area contributed by atoms with E-state index in [-0.39, 0.29) is 23.1 Å². The van der Waals surface area contributed by atoms with Gasteiger partial charge in [-0.25, -0.2) is 10.2 Å². The van der Waals surface area contributed by atoms with Crippen LogP contribution in [-0.2, 0) is 7.05 Å². The molecule has 2 amide bonds. The molecule has 1 aliphatic rings. The van der Waals surface area contributed by atoms with Crippen molar-refractivity contribution >= 4 is 22.6 Å². The second kappa shape index (κ2) is 7.10. The minimum atomic E-state index is -0.515. The summed E-state index contributed by atoms with van der Waals surface area (Å²) in [5.41, 5.74) is 9.17. The molecule has 0 spiro atoms. The van der Waals surface area contributed by atoms with Crippen molar-refractivity contribution in [1.29, 1.82) is 0 Å². The number of carbonyl (C=O) groups is 1. The number of fused-ring (bicyclic) bond motifs is 1. The number of rotatable bonds is 2. The van der Waals surface area contributed by atoms with Crippen LogP contribution in [0.2, 0.25) is 0 Å². The first-order chi connectivity index (χ1) is 13.9. The molecule has 4 rings (SSSR count). The Balaban J connectivity index is 1.95. The Morgan fingerprint density at radius 2 is 1.83 bits per heavy atom. The van der Waals surface area contributed by atoms with Gasteiger partial charge in [-0.2, -0.15) is 0 Å². The fourth-order valence-electron chi connectivity index (χ4n) is 3.68. The second-order valence-corrected chi connectivity index (χ2v) is 7.25. The van der Waals surface area contributed by atoms with E-state index < -0.39 is 11.6 Å². The van der Waals surface area contributed by atoms with Crippen molar-refractivity contribution < 1.29 is 9.90 Å². The zero-order valence-electron chi connectivity index (χ0n) is 16.4. The first-order valence-corrected chi connectivity index (χ1v) is 9.29. The molecule has 0 aliphatic carbocycles. The molecule has 1 unspecified atom stereocenters. The maximum Gasteiger partial charge on any atom is 0.333 e. The third kappa shape index (κ3) is 3.25. The van der Waals surface area contributed by atoms with Crippen LogP contribution in [0, 0.1) is 13.8 Å². The van der Waals surface area contributed by atoms with Gasteiger partial charge in [0.2, 0.25) is 0 Å². The summed E-state index contributed by atoms with van der Waals surface area (Å²) < 4.78 is 1.47. The van der Waals surface area contributed by atoms with Crippen LogP contribution in [-0.4, -0.2) is 15.7 Å². The highest BCUT2D eigenvalue weighted by atomic mass is 16.3. The van der Waals surface area contributed by atoms with Crippen molar-refractivity contribution in [2.24, 2.45) is 7.05 Å². The van der Waals surface area contributed by atoms with Gasteiger partial charge in [-0.15, -0.1) is 0 Å². The third-order valence-electron chi connectivity index (χ3n) is 5.24. The number of aryl methyl sites for hydroxylation is 3. The molecule has 1 aromatic heterocycles. The average molecular weight is 390 g/mol. The summed E-state index contributed by atoms with van der Waals surface area (Å²) in [6, 6.07) is 12.2. The summed E-state index contributed by atoms with van der Waals surface area (Å²) in [5, 5.41) is 14.1. The molecule has 0 radical (unpaired) electrons. The number of hydrazine groups is 1. The highest BCUT2D eigenvalue weighted by molar-refractivity contribution is 5.94. The number of para-hydroxylation sites is 1. The molecule has 7 nitrogen and oxygen atoms in total. The third-order valence-corrected chi connectivity index (χ3v) is 5.24. The quantitative estimate of drug-likeness (QED) is 0.541. The largest absolute Gasteiger partial charge is 0.506 e. The van der Waals surface area contributed by atoms with Gasteiger partial charge in [0.05, 0.1) is 17.3 Å². The van der Waals surface area contributed by atoms with Gasteiger partial charge in [-0.05, 0) is 43.2 Å². The molecule has 2 heterocycles. The Kier molecular flexibility index (Phi) is 4.60. The summed E-state index contributed by atoms with van der Waals surface area (Å²) in [4.78, 5) is 25.3. The number of hydrogen-bond acceptors (Lipinski definition) is 4. The summed E-state index contributed by atoms with van der Waals surface area (Å²) in [5.74, 6) is -0.156. The van der Waals surface area contributed by atoms with Crippen LogP contribution in [0.15, 0.2) is 53.3 Å². The molecule has 0 fully saturated rings. The first-order valence-electron chi connectivity index (χ1n) is 9.29. The molecule has 7 heteroatoms. The molecule has 3 aromatic rings. The molecular weight excluding hydrogens is 368 g/mol. The van der Waals surface area contributed by atoms with Crippen molar-refractivity contribution in [3.63, 3.8) is 0 Å². The van der Waals surface area contributed by atoms with Crippen molar-refractivity contribution in [2.75, 3.05) is 0 Å². The normalized spacial score (nSPS) is 16.7. The highest BCUT2D eigenvalue weighted by Gasteiger charge is 2.24. The van der Waals surface area contributed by atoms with Crippen LogP contribution in [0.1, 0.15) is 28.3 Å². The molecule has 2 aromatic carbocycles. The second-order valence-electron chi connectivity index (χ2n) is 7.25. The van der Waals surface area contributed by atoms with E-state index in [4.69, 9.17) is 0 Å². The Morgan fingerprint density at radius 1 is 1.07 bits per heavy atom. The Morgan fingerprint density at radius 3 is 2.62 bits per heavy atom. The Hall–Kier alpha value is -3.58. The smallest absolute Gasteiger partial charge is 0.333 e. The van der Waals surface area contributed by atoms with Crippen LogP contribution in [0.25, 0.3) is 16.6 Å². The molecule has 0 saturated heterocycles. The lowest BCUT2D eigenvalue weighted by molar-refractivity contribution is 0.240. The van der Waals surface area contributed by atoms with Gasteiger partial charge < -0.3 is 15.0 Å². The number of nitrogens with one attached hydrogen (secondary N) is 3. The van der Waals surface area contributed by atoms with E-state index in [1.165, 1.54) is 4.57 Å². The highest BCUT2D eigenvalue weighted by Crippen LogP contribution is 2.31. The molecular formula is C22H22N4O3. The zero-order valence-corrected chi connectivity index (χ0v) is 16.4. The van der Waals surface area contributed by atoms with Crippen molar-refractivity contribution in [3.05, 3.63) is 81.1 Å². The summed E-state index contributed by atoms with van der Waals surface area (Å²) in [6.07, 6.45) is 1.74. The number of nitrogens with zero attached hydrogens (tertiary/aromatic N) is 1. The number of urea groups is 1. The summed E-state index contributed by atoms with van der Waals surface area (Å²) >= 11 is 0. The maximum atomic E-state index is 13.1. The number of amides is 2. The number of aromatic nitrogens is 1. The lowest BCUT2D eigenvalue weighted by atomic mass is 9.97. The van der Waals surface area contributed by atoms with Crippen LogP contribution in [0.3, 0.4) is 0 Å². The van der Waals surface area contributed by atoms with Crippen molar-refractivity contribution in [2.45, 2.75) is 19.9 Å². The van der Waals surface area contributed by atoms with Gasteiger partial charge in [0, 0.05) is 12.4 Å². The number of carbonyl (C=O) groups excluding carboxylic acids is 1. The zero-order chi connectivity index (χ0) is 20.7. The minimum Gasteiger partial charge on any atom is -0.506 e. The topological polar surface area (TPSA) is 95.4 Å². The van der Waals surface area contributed by atoms with Crippen LogP contribution in [0.5, 0.6) is 5.75 Å². The van der Waals surface area contributed by atoms with Crippen LogP contribution in [0.4, 0.5) is 4.79 Å². The SMILES string of the molecule is Cc1ccc(C)c(C2C=C(c3c(O)c4ccccc4n(C)c3=O)NC(=O)NN2)c1. The van der Waals surface area contributed by atoms with E-state index in [1.54, 1.807) is 37.4 Å². The fourth-order valence-corrected chi connectivity index (χ4v) is 3.68. The molecule has 29 heavy (non-hydrogen) atoms. The van der Waals surface area contributed by atoms with Gasteiger partial charge in [0.15, 0.2) is 0 Å².